The molecule has 0 aliphatic heterocycles. The molecular formula is C14H24IN3O2. The Morgan fingerprint density at radius 1 is 1.20 bits per heavy atom. The summed E-state index contributed by atoms with van der Waals surface area (Å²) in [6, 6.07) is 7.51. The average Bonchev–Trinajstić information content (AvgIpc) is 2.43. The highest BCUT2D eigenvalue weighted by Gasteiger charge is 1.96. The first kappa shape index (κ1) is 19.0. The Kier molecular flexibility index (Phi) is 11.2. The lowest BCUT2D eigenvalue weighted by Gasteiger charge is -2.06. The Bertz CT molecular complexity index is 383. The minimum absolute atomic E-state index is 0. The van der Waals surface area contributed by atoms with Crippen LogP contribution in [0.1, 0.15) is 25.7 Å². The molecule has 0 aliphatic carbocycles. The molecule has 0 heterocycles. The Morgan fingerprint density at radius 2 is 1.85 bits per heavy atom. The van der Waals surface area contributed by atoms with Crippen LogP contribution >= 0.6 is 24.0 Å². The summed E-state index contributed by atoms with van der Waals surface area (Å²) in [5, 5.41) is 11.7. The summed E-state index contributed by atoms with van der Waals surface area (Å²) < 4.78 is 5.08. The molecule has 1 rings (SSSR count). The van der Waals surface area contributed by atoms with Crippen LogP contribution in [-0.2, 0) is 0 Å². The lowest BCUT2D eigenvalue weighted by molar-refractivity contribution is 0.282. The normalized spacial score (nSPS) is 10.8. The van der Waals surface area contributed by atoms with E-state index in [1.165, 1.54) is 0 Å². The van der Waals surface area contributed by atoms with Crippen molar-refractivity contribution in [3.05, 3.63) is 24.3 Å². The van der Waals surface area contributed by atoms with E-state index in [4.69, 9.17) is 15.6 Å². The smallest absolute Gasteiger partial charge is 0.193 e. The molecule has 0 unspecified atom stereocenters. The Hall–Kier alpha value is -1.02. The third-order valence-electron chi connectivity index (χ3n) is 2.71. The number of aliphatic hydroxyl groups excluding tert-OH is 1. The number of hydrogen-bond donors (Lipinski definition) is 3. The van der Waals surface area contributed by atoms with E-state index in [0.29, 0.717) is 12.5 Å². The van der Waals surface area contributed by atoms with Gasteiger partial charge in [-0.3, -0.25) is 4.99 Å². The number of rotatable bonds is 8. The molecule has 0 aromatic heterocycles. The summed E-state index contributed by atoms with van der Waals surface area (Å²) in [7, 11) is 1.63. The molecule has 0 radical (unpaired) electrons. The number of nitrogens with one attached hydrogen (secondary N) is 1. The number of anilines is 1. The minimum atomic E-state index is 0. The van der Waals surface area contributed by atoms with Gasteiger partial charge in [0, 0.05) is 18.8 Å². The maximum absolute atomic E-state index is 8.65. The first-order valence-corrected chi connectivity index (χ1v) is 6.58. The van der Waals surface area contributed by atoms with Gasteiger partial charge in [-0.05, 0) is 37.1 Å². The van der Waals surface area contributed by atoms with Crippen molar-refractivity contribution < 1.29 is 9.84 Å². The SMILES string of the molecule is COc1ccc(NC(N)=NCCCCCCO)cc1.I. The summed E-state index contributed by atoms with van der Waals surface area (Å²) in [4.78, 5) is 4.25. The van der Waals surface area contributed by atoms with Crippen molar-refractivity contribution >= 4 is 35.6 Å². The van der Waals surface area contributed by atoms with Crippen LogP contribution in [0.3, 0.4) is 0 Å². The second-order valence-electron chi connectivity index (χ2n) is 4.26. The van der Waals surface area contributed by atoms with Crippen LogP contribution < -0.4 is 15.8 Å². The molecule has 5 nitrogen and oxygen atoms in total. The topological polar surface area (TPSA) is 79.9 Å². The fraction of sp³-hybridized carbons (Fsp3) is 0.500. The minimum Gasteiger partial charge on any atom is -0.497 e. The summed E-state index contributed by atoms with van der Waals surface area (Å²) in [5.41, 5.74) is 6.68. The molecule has 0 spiro atoms. The van der Waals surface area contributed by atoms with Crippen LogP contribution in [0.4, 0.5) is 5.69 Å². The van der Waals surface area contributed by atoms with Gasteiger partial charge >= 0.3 is 0 Å². The number of halogens is 1. The van der Waals surface area contributed by atoms with Crippen LogP contribution in [0.15, 0.2) is 29.3 Å². The number of methoxy groups -OCH3 is 1. The van der Waals surface area contributed by atoms with E-state index in [9.17, 15) is 0 Å². The molecule has 0 aliphatic rings. The fourth-order valence-electron chi connectivity index (χ4n) is 1.64. The van der Waals surface area contributed by atoms with E-state index in [1.807, 2.05) is 24.3 Å². The van der Waals surface area contributed by atoms with Gasteiger partial charge in [0.05, 0.1) is 7.11 Å². The Morgan fingerprint density at radius 3 is 2.45 bits per heavy atom. The predicted molar refractivity (Wildman–Crippen MR) is 94.1 cm³/mol. The number of ether oxygens (including phenoxy) is 1. The van der Waals surface area contributed by atoms with Gasteiger partial charge in [-0.2, -0.15) is 0 Å². The van der Waals surface area contributed by atoms with Crippen molar-refractivity contribution in [1.29, 1.82) is 0 Å². The number of unbranched alkanes of at least 4 members (excludes halogenated alkanes) is 3. The third-order valence-corrected chi connectivity index (χ3v) is 2.71. The summed E-state index contributed by atoms with van der Waals surface area (Å²) in [6.45, 7) is 0.977. The summed E-state index contributed by atoms with van der Waals surface area (Å²) >= 11 is 0. The van der Waals surface area contributed by atoms with E-state index in [2.05, 4.69) is 10.3 Å². The van der Waals surface area contributed by atoms with Crippen LogP contribution in [0, 0.1) is 0 Å². The van der Waals surface area contributed by atoms with Gasteiger partial charge in [0.2, 0.25) is 0 Å². The van der Waals surface area contributed by atoms with Crippen molar-refractivity contribution in [3.8, 4) is 5.75 Å². The van der Waals surface area contributed by atoms with Gasteiger partial charge in [0.15, 0.2) is 5.96 Å². The van der Waals surface area contributed by atoms with E-state index in [0.717, 1.165) is 37.1 Å². The lowest BCUT2D eigenvalue weighted by atomic mass is 10.2. The van der Waals surface area contributed by atoms with Crippen molar-refractivity contribution in [3.63, 3.8) is 0 Å². The van der Waals surface area contributed by atoms with Crippen LogP contribution in [0.2, 0.25) is 0 Å². The molecule has 0 atom stereocenters. The number of guanidine groups is 1. The van der Waals surface area contributed by atoms with Crippen LogP contribution in [0.5, 0.6) is 5.75 Å². The maximum Gasteiger partial charge on any atom is 0.193 e. The molecule has 0 amide bonds. The zero-order valence-electron chi connectivity index (χ0n) is 11.8. The van der Waals surface area contributed by atoms with Crippen molar-refractivity contribution in [2.75, 3.05) is 25.6 Å². The largest absolute Gasteiger partial charge is 0.497 e. The molecule has 0 saturated heterocycles. The molecule has 20 heavy (non-hydrogen) atoms. The van der Waals surface area contributed by atoms with Gasteiger partial charge in [0.25, 0.3) is 0 Å². The first-order chi connectivity index (χ1) is 9.26. The molecule has 114 valence electrons. The summed E-state index contributed by atoms with van der Waals surface area (Å²) in [5.74, 6) is 1.23. The lowest BCUT2D eigenvalue weighted by Crippen LogP contribution is -2.22. The first-order valence-electron chi connectivity index (χ1n) is 6.58. The predicted octanol–water partition coefficient (Wildman–Crippen LogP) is 2.59. The highest BCUT2D eigenvalue weighted by atomic mass is 127. The zero-order valence-corrected chi connectivity index (χ0v) is 14.2. The Labute approximate surface area is 137 Å². The highest BCUT2D eigenvalue weighted by Crippen LogP contribution is 2.14. The number of hydrogen-bond acceptors (Lipinski definition) is 3. The number of nitrogens with zero attached hydrogens (tertiary/aromatic N) is 1. The molecular weight excluding hydrogens is 369 g/mol. The second kappa shape index (κ2) is 11.8. The quantitative estimate of drug-likeness (QED) is 0.275. The average molecular weight is 393 g/mol. The molecule has 0 fully saturated rings. The van der Waals surface area contributed by atoms with E-state index >= 15 is 0 Å². The van der Waals surface area contributed by atoms with E-state index in [-0.39, 0.29) is 30.6 Å². The van der Waals surface area contributed by atoms with Crippen molar-refractivity contribution in [1.82, 2.24) is 0 Å². The van der Waals surface area contributed by atoms with E-state index in [1.54, 1.807) is 7.11 Å². The number of aliphatic imine (C=N–C) groups is 1. The molecule has 1 aromatic rings. The molecule has 0 saturated carbocycles. The van der Waals surface area contributed by atoms with E-state index < -0.39 is 0 Å². The maximum atomic E-state index is 8.65. The number of aliphatic hydroxyl groups is 1. The van der Waals surface area contributed by atoms with Crippen molar-refractivity contribution in [2.24, 2.45) is 10.7 Å². The monoisotopic (exact) mass is 393 g/mol. The summed E-state index contributed by atoms with van der Waals surface area (Å²) in [6.07, 6.45) is 3.96. The van der Waals surface area contributed by atoms with Gasteiger partial charge in [0.1, 0.15) is 5.75 Å². The van der Waals surface area contributed by atoms with Crippen LogP contribution in [0.25, 0.3) is 0 Å². The zero-order chi connectivity index (χ0) is 13.9. The number of nitrogens with two attached hydrogens (primary N) is 1. The second-order valence-corrected chi connectivity index (χ2v) is 4.26. The van der Waals surface area contributed by atoms with Crippen molar-refractivity contribution in [2.45, 2.75) is 25.7 Å². The Balaban J connectivity index is 0.00000361. The third kappa shape index (κ3) is 8.21. The molecule has 1 aromatic carbocycles. The standard InChI is InChI=1S/C14H23N3O2.HI/c1-19-13-8-6-12(7-9-13)17-14(15)16-10-4-2-3-5-11-18;/h6-9,18H,2-5,10-11H2,1H3,(H3,15,16,17);1H. The van der Waals surface area contributed by atoms with Gasteiger partial charge in [-0.1, -0.05) is 12.8 Å². The molecule has 0 bridgehead atoms. The van der Waals surface area contributed by atoms with Crippen LogP contribution in [-0.4, -0.2) is 31.3 Å². The van der Waals surface area contributed by atoms with Gasteiger partial charge in [-0.15, -0.1) is 24.0 Å². The number of benzene rings is 1. The fourth-order valence-corrected chi connectivity index (χ4v) is 1.64. The van der Waals surface area contributed by atoms with Gasteiger partial charge < -0.3 is 20.9 Å². The molecule has 4 N–H and O–H groups in total. The molecule has 6 heteroatoms. The van der Waals surface area contributed by atoms with Gasteiger partial charge in [-0.25, -0.2) is 0 Å². The highest BCUT2D eigenvalue weighted by molar-refractivity contribution is 14.0.